The predicted molar refractivity (Wildman–Crippen MR) is 175 cm³/mol. The Labute approximate surface area is 243 Å². The van der Waals surface area contributed by atoms with E-state index < -0.39 is 0 Å². The monoisotopic (exact) mass is 541 g/mol. The van der Waals surface area contributed by atoms with Gasteiger partial charge in [-0.05, 0) is 65.2 Å². The number of nitrogens with zero attached hydrogens (tertiary/aromatic N) is 2. The molecule has 0 saturated heterocycles. The van der Waals surface area contributed by atoms with Crippen molar-refractivity contribution in [3.8, 4) is 16.8 Å². The highest BCUT2D eigenvalue weighted by molar-refractivity contribution is 6.23. The molecule has 0 aliphatic carbocycles. The maximum Gasteiger partial charge on any atom is 0.145 e. The van der Waals surface area contributed by atoms with Crippen LogP contribution >= 0.6 is 0 Å². The molecular weight excluding hydrogens is 514 g/mol. The quantitative estimate of drug-likeness (QED) is 0.242. The van der Waals surface area contributed by atoms with Crippen molar-refractivity contribution in [1.82, 2.24) is 4.57 Å². The largest absolute Gasteiger partial charge is 0.455 e. The third-order valence-corrected chi connectivity index (χ3v) is 8.81. The lowest BCUT2D eigenvalue weighted by atomic mass is 10.0. The average molecular weight is 542 g/mol. The second-order valence-electron chi connectivity index (χ2n) is 11.1. The molecule has 1 aliphatic rings. The molecule has 42 heavy (non-hydrogen) atoms. The second kappa shape index (κ2) is 8.76. The molecule has 0 saturated carbocycles. The number of para-hydroxylation sites is 2. The summed E-state index contributed by atoms with van der Waals surface area (Å²) in [6.07, 6.45) is 0.132. The Morgan fingerprint density at radius 3 is 2.21 bits per heavy atom. The molecule has 0 radical (unpaired) electrons. The number of hydrogen-bond acceptors (Lipinski definition) is 3. The van der Waals surface area contributed by atoms with Crippen molar-refractivity contribution in [2.75, 3.05) is 17.3 Å². The fraction of sp³-hybridized carbons (Fsp3) is 0.0526. The van der Waals surface area contributed by atoms with Gasteiger partial charge in [-0.25, -0.2) is 0 Å². The van der Waals surface area contributed by atoms with Crippen LogP contribution < -0.4 is 10.2 Å². The van der Waals surface area contributed by atoms with Crippen molar-refractivity contribution >= 4 is 55.1 Å². The third kappa shape index (κ3) is 3.29. The highest BCUT2D eigenvalue weighted by Crippen LogP contribution is 2.43. The Bertz CT molecular complexity index is 2290. The first-order chi connectivity index (χ1) is 20.7. The van der Waals surface area contributed by atoms with E-state index >= 15 is 0 Å². The molecule has 4 heteroatoms. The molecule has 200 valence electrons. The topological polar surface area (TPSA) is 33.3 Å². The molecule has 0 fully saturated rings. The van der Waals surface area contributed by atoms with Crippen molar-refractivity contribution in [3.63, 3.8) is 0 Å². The van der Waals surface area contributed by atoms with E-state index in [1.807, 2.05) is 12.1 Å². The Morgan fingerprint density at radius 2 is 1.36 bits per heavy atom. The summed E-state index contributed by atoms with van der Waals surface area (Å²) in [5.74, 6) is 0. The minimum Gasteiger partial charge on any atom is -0.455 e. The van der Waals surface area contributed by atoms with Crippen molar-refractivity contribution in [1.29, 1.82) is 0 Å². The minimum absolute atomic E-state index is 0.132. The molecule has 2 aromatic heterocycles. The number of anilines is 2. The molecule has 3 heterocycles. The van der Waals surface area contributed by atoms with E-state index in [1.165, 1.54) is 33.3 Å². The minimum atomic E-state index is 0.132. The van der Waals surface area contributed by atoms with Crippen LogP contribution in [0.1, 0.15) is 11.7 Å². The molecule has 0 amide bonds. The molecule has 4 nitrogen and oxygen atoms in total. The van der Waals surface area contributed by atoms with E-state index in [4.69, 9.17) is 4.42 Å². The number of benzene rings is 6. The van der Waals surface area contributed by atoms with Gasteiger partial charge in [0.15, 0.2) is 0 Å². The molecule has 0 spiro atoms. The lowest BCUT2D eigenvalue weighted by Gasteiger charge is -2.22. The van der Waals surface area contributed by atoms with Crippen LogP contribution in [-0.4, -0.2) is 11.6 Å². The van der Waals surface area contributed by atoms with Crippen molar-refractivity contribution in [2.24, 2.45) is 0 Å². The zero-order valence-electron chi connectivity index (χ0n) is 23.1. The third-order valence-electron chi connectivity index (χ3n) is 8.81. The van der Waals surface area contributed by atoms with Crippen LogP contribution in [0.15, 0.2) is 138 Å². The number of furan rings is 1. The summed E-state index contributed by atoms with van der Waals surface area (Å²) in [5.41, 5.74) is 11.3. The van der Waals surface area contributed by atoms with Gasteiger partial charge in [0.2, 0.25) is 0 Å². The van der Waals surface area contributed by atoms with E-state index in [0.29, 0.717) is 0 Å². The molecule has 0 bridgehead atoms. The van der Waals surface area contributed by atoms with Gasteiger partial charge in [0.1, 0.15) is 17.3 Å². The standard InChI is InChI=1S/C38H27N3O/c1-40-33-21-17-26(23-31(33)39-38(40)25-9-3-2-4-10-25)24-15-18-27(19-16-24)41-32-13-7-5-12-30(32)36-34(41)22-20-29-28-11-6-8-14-35(28)42-37(29)36/h2-23,38-39H,1H3. The van der Waals surface area contributed by atoms with Crippen LogP contribution in [0, 0.1) is 0 Å². The first-order valence-electron chi connectivity index (χ1n) is 14.4. The van der Waals surface area contributed by atoms with Crippen molar-refractivity contribution in [2.45, 2.75) is 6.17 Å². The van der Waals surface area contributed by atoms with E-state index in [9.17, 15) is 0 Å². The molecule has 9 rings (SSSR count). The van der Waals surface area contributed by atoms with E-state index in [2.05, 4.69) is 143 Å². The zero-order chi connectivity index (χ0) is 27.8. The van der Waals surface area contributed by atoms with Gasteiger partial charge in [0, 0.05) is 28.9 Å². The van der Waals surface area contributed by atoms with Gasteiger partial charge >= 0.3 is 0 Å². The van der Waals surface area contributed by atoms with Crippen LogP contribution in [-0.2, 0) is 0 Å². The number of rotatable bonds is 3. The number of hydrogen-bond donors (Lipinski definition) is 1. The van der Waals surface area contributed by atoms with Crippen molar-refractivity contribution < 1.29 is 4.42 Å². The number of nitrogens with one attached hydrogen (secondary N) is 1. The molecule has 1 unspecified atom stereocenters. The lowest BCUT2D eigenvalue weighted by Crippen LogP contribution is -2.23. The van der Waals surface area contributed by atoms with E-state index in [0.717, 1.165) is 44.2 Å². The fourth-order valence-corrected chi connectivity index (χ4v) is 6.78. The summed E-state index contributed by atoms with van der Waals surface area (Å²) < 4.78 is 8.81. The molecule has 8 aromatic rings. The molecule has 1 atom stereocenters. The highest BCUT2D eigenvalue weighted by Gasteiger charge is 2.27. The smallest absolute Gasteiger partial charge is 0.145 e. The van der Waals surface area contributed by atoms with Gasteiger partial charge in [-0.15, -0.1) is 0 Å². The Morgan fingerprint density at radius 1 is 0.619 bits per heavy atom. The van der Waals surface area contributed by atoms with Crippen LogP contribution in [0.5, 0.6) is 0 Å². The van der Waals surface area contributed by atoms with Gasteiger partial charge in [0.05, 0.1) is 27.8 Å². The van der Waals surface area contributed by atoms with E-state index in [1.54, 1.807) is 0 Å². The van der Waals surface area contributed by atoms with Crippen LogP contribution in [0.25, 0.3) is 60.6 Å². The van der Waals surface area contributed by atoms with Gasteiger partial charge in [-0.2, -0.15) is 0 Å². The van der Waals surface area contributed by atoms with Crippen molar-refractivity contribution in [3.05, 3.63) is 139 Å². The average Bonchev–Trinajstić information content (AvgIpc) is 3.70. The Hall–Kier alpha value is -5.48. The molecular formula is C38H27N3O. The van der Waals surface area contributed by atoms with Crippen LogP contribution in [0.4, 0.5) is 11.4 Å². The van der Waals surface area contributed by atoms with Crippen LogP contribution in [0.2, 0.25) is 0 Å². The maximum atomic E-state index is 6.46. The summed E-state index contributed by atoms with van der Waals surface area (Å²) in [4.78, 5) is 2.30. The maximum absolute atomic E-state index is 6.46. The Balaban J connectivity index is 1.14. The Kier molecular flexibility index (Phi) is 4.85. The lowest BCUT2D eigenvalue weighted by molar-refractivity contribution is 0.673. The summed E-state index contributed by atoms with van der Waals surface area (Å²) in [7, 11) is 2.15. The highest BCUT2D eigenvalue weighted by atomic mass is 16.3. The summed E-state index contributed by atoms with van der Waals surface area (Å²) in [6, 6.07) is 47.6. The summed E-state index contributed by atoms with van der Waals surface area (Å²) in [5, 5.41) is 8.38. The van der Waals surface area contributed by atoms with Gasteiger partial charge < -0.3 is 19.2 Å². The number of aromatic nitrogens is 1. The van der Waals surface area contributed by atoms with Gasteiger partial charge in [-0.1, -0.05) is 84.9 Å². The predicted octanol–water partition coefficient (Wildman–Crippen LogP) is 9.91. The van der Waals surface area contributed by atoms with Gasteiger partial charge in [0.25, 0.3) is 0 Å². The van der Waals surface area contributed by atoms with Crippen LogP contribution in [0.3, 0.4) is 0 Å². The first kappa shape index (κ1) is 23.2. The fourth-order valence-electron chi connectivity index (χ4n) is 6.78. The summed E-state index contributed by atoms with van der Waals surface area (Å²) >= 11 is 0. The second-order valence-corrected chi connectivity index (χ2v) is 11.1. The van der Waals surface area contributed by atoms with E-state index in [-0.39, 0.29) is 6.17 Å². The molecule has 1 aliphatic heterocycles. The SMILES string of the molecule is CN1c2ccc(-c3ccc(-n4c5ccccc5c5c6oc7ccccc7c6ccc54)cc3)cc2NC1c1ccccc1. The van der Waals surface area contributed by atoms with Gasteiger partial charge in [-0.3, -0.25) is 0 Å². The first-order valence-corrected chi connectivity index (χ1v) is 14.4. The number of fused-ring (bicyclic) bond motifs is 8. The molecule has 1 N–H and O–H groups in total. The molecule has 6 aromatic carbocycles. The zero-order valence-corrected chi connectivity index (χ0v) is 23.1. The normalized spacial score (nSPS) is 14.7. The summed E-state index contributed by atoms with van der Waals surface area (Å²) in [6.45, 7) is 0.